The van der Waals surface area contributed by atoms with Gasteiger partial charge in [0.2, 0.25) is 5.96 Å². The van der Waals surface area contributed by atoms with Crippen molar-refractivity contribution in [2.24, 2.45) is 21.7 Å². The van der Waals surface area contributed by atoms with Crippen molar-refractivity contribution in [1.29, 1.82) is 0 Å². The molecule has 0 heterocycles. The fraction of sp³-hybridized carbons (Fsp3) is 0.333. The van der Waals surface area contributed by atoms with Crippen molar-refractivity contribution in [2.75, 3.05) is 0 Å². The van der Waals surface area contributed by atoms with Crippen LogP contribution >= 0.6 is 0 Å². The third-order valence-electron chi connectivity index (χ3n) is 2.23. The van der Waals surface area contributed by atoms with Gasteiger partial charge in [0.25, 0.3) is 0 Å². The molecule has 0 unspecified atom stereocenters. The Balaban J connectivity index is 2.81. The van der Waals surface area contributed by atoms with Crippen molar-refractivity contribution in [1.82, 2.24) is 0 Å². The van der Waals surface area contributed by atoms with E-state index in [9.17, 15) is 0 Å². The van der Waals surface area contributed by atoms with Crippen LogP contribution in [0.25, 0.3) is 0 Å². The highest BCUT2D eigenvalue weighted by molar-refractivity contribution is 5.99. The molecule has 1 aromatic rings. The molecule has 0 aliphatic rings. The second-order valence-electron chi connectivity index (χ2n) is 3.66. The molecule has 0 atom stereocenters. The molecule has 0 aliphatic heterocycles. The van der Waals surface area contributed by atoms with E-state index in [0.29, 0.717) is 0 Å². The Morgan fingerprint density at radius 1 is 1.12 bits per heavy atom. The Labute approximate surface area is 96.1 Å². The highest BCUT2D eigenvalue weighted by Gasteiger charge is 1.97. The maximum atomic E-state index is 5.20. The summed E-state index contributed by atoms with van der Waals surface area (Å²) in [6.45, 7) is 4.04. The lowest BCUT2D eigenvalue weighted by atomic mass is 10.1. The summed E-state index contributed by atoms with van der Waals surface area (Å²) in [4.78, 5) is 0. The first kappa shape index (κ1) is 12.2. The molecule has 0 radical (unpaired) electrons. The number of aryl methyl sites for hydroxylation is 1. The van der Waals surface area contributed by atoms with E-state index in [-0.39, 0.29) is 5.96 Å². The molecule has 86 valence electrons. The molecule has 1 rings (SSSR count). The van der Waals surface area contributed by atoms with Crippen LogP contribution < -0.4 is 11.5 Å². The van der Waals surface area contributed by atoms with Crippen molar-refractivity contribution in [3.05, 3.63) is 35.4 Å². The zero-order valence-electron chi connectivity index (χ0n) is 9.77. The molecule has 0 amide bonds. The molecule has 0 spiro atoms. The Morgan fingerprint density at radius 2 is 1.75 bits per heavy atom. The van der Waals surface area contributed by atoms with Crippen LogP contribution in [0.4, 0.5) is 0 Å². The average Bonchev–Trinajstić information content (AvgIpc) is 2.27. The predicted molar refractivity (Wildman–Crippen MR) is 68.5 cm³/mol. The number of hydrogen-bond acceptors (Lipinski definition) is 2. The van der Waals surface area contributed by atoms with Crippen molar-refractivity contribution in [3.63, 3.8) is 0 Å². The minimum Gasteiger partial charge on any atom is -0.369 e. The van der Waals surface area contributed by atoms with Gasteiger partial charge in [-0.2, -0.15) is 5.10 Å². The number of rotatable bonds is 4. The van der Waals surface area contributed by atoms with E-state index >= 15 is 0 Å². The number of hydrogen-bond donors (Lipinski definition) is 2. The number of nitrogens with zero attached hydrogens (tertiary/aromatic N) is 2. The molecule has 0 bridgehead atoms. The van der Waals surface area contributed by atoms with Gasteiger partial charge in [-0.15, -0.1) is 5.10 Å². The van der Waals surface area contributed by atoms with Gasteiger partial charge in [-0.1, -0.05) is 37.6 Å². The average molecular weight is 218 g/mol. The maximum absolute atomic E-state index is 5.20. The van der Waals surface area contributed by atoms with Gasteiger partial charge in [-0.25, -0.2) is 0 Å². The van der Waals surface area contributed by atoms with E-state index in [4.69, 9.17) is 11.5 Å². The van der Waals surface area contributed by atoms with E-state index in [1.807, 2.05) is 19.1 Å². The highest BCUT2D eigenvalue weighted by atomic mass is 15.3. The highest BCUT2D eigenvalue weighted by Crippen LogP contribution is 2.07. The zero-order valence-corrected chi connectivity index (χ0v) is 9.77. The van der Waals surface area contributed by atoms with Crippen LogP contribution in [0.3, 0.4) is 0 Å². The molecule has 0 aliphatic carbocycles. The molecule has 4 N–H and O–H groups in total. The maximum Gasteiger partial charge on any atom is 0.211 e. The SMILES string of the molecule is CCCc1ccc(/C(C)=N\N=C(N)N)cc1. The summed E-state index contributed by atoms with van der Waals surface area (Å²) in [6.07, 6.45) is 2.25. The van der Waals surface area contributed by atoms with E-state index < -0.39 is 0 Å². The molecule has 0 aromatic heterocycles. The van der Waals surface area contributed by atoms with E-state index in [2.05, 4.69) is 29.3 Å². The Hall–Kier alpha value is -1.84. The summed E-state index contributed by atoms with van der Waals surface area (Å²) in [5.74, 6) is -0.0260. The molecule has 16 heavy (non-hydrogen) atoms. The van der Waals surface area contributed by atoms with Gasteiger partial charge in [0, 0.05) is 0 Å². The first-order valence-corrected chi connectivity index (χ1v) is 5.36. The normalized spacial score (nSPS) is 11.2. The quantitative estimate of drug-likeness (QED) is 0.458. The van der Waals surface area contributed by atoms with Gasteiger partial charge in [0.15, 0.2) is 0 Å². The topological polar surface area (TPSA) is 76.8 Å². The molecule has 0 fully saturated rings. The molecular formula is C12H18N4. The van der Waals surface area contributed by atoms with E-state index in [0.717, 1.165) is 24.1 Å². The lowest BCUT2D eigenvalue weighted by Crippen LogP contribution is -2.22. The number of guanidine groups is 1. The third kappa shape index (κ3) is 3.73. The minimum atomic E-state index is -0.0260. The summed E-state index contributed by atoms with van der Waals surface area (Å²) in [6, 6.07) is 8.28. The van der Waals surface area contributed by atoms with Gasteiger partial charge >= 0.3 is 0 Å². The fourth-order valence-corrected chi connectivity index (χ4v) is 1.39. The third-order valence-corrected chi connectivity index (χ3v) is 2.23. The van der Waals surface area contributed by atoms with Crippen molar-refractivity contribution in [3.8, 4) is 0 Å². The summed E-state index contributed by atoms with van der Waals surface area (Å²) < 4.78 is 0. The van der Waals surface area contributed by atoms with Gasteiger partial charge in [0.1, 0.15) is 0 Å². The van der Waals surface area contributed by atoms with Crippen LogP contribution in [0.5, 0.6) is 0 Å². The van der Waals surface area contributed by atoms with Crippen LogP contribution in [-0.4, -0.2) is 11.7 Å². The van der Waals surface area contributed by atoms with Gasteiger partial charge in [-0.05, 0) is 24.5 Å². The second-order valence-corrected chi connectivity index (χ2v) is 3.66. The van der Waals surface area contributed by atoms with Crippen LogP contribution in [0, 0.1) is 0 Å². The summed E-state index contributed by atoms with van der Waals surface area (Å²) in [7, 11) is 0. The smallest absolute Gasteiger partial charge is 0.211 e. The first-order chi connectivity index (χ1) is 7.63. The Morgan fingerprint density at radius 3 is 2.25 bits per heavy atom. The summed E-state index contributed by atoms with van der Waals surface area (Å²) >= 11 is 0. The van der Waals surface area contributed by atoms with Gasteiger partial charge in [-0.3, -0.25) is 0 Å². The minimum absolute atomic E-state index is 0.0260. The number of nitrogens with two attached hydrogens (primary N) is 2. The van der Waals surface area contributed by atoms with Crippen molar-refractivity contribution in [2.45, 2.75) is 26.7 Å². The summed E-state index contributed by atoms with van der Waals surface area (Å²) in [5.41, 5.74) is 13.6. The van der Waals surface area contributed by atoms with Crippen LogP contribution in [0.2, 0.25) is 0 Å². The molecule has 0 saturated carbocycles. The molecule has 1 aromatic carbocycles. The monoisotopic (exact) mass is 218 g/mol. The first-order valence-electron chi connectivity index (χ1n) is 5.36. The van der Waals surface area contributed by atoms with Crippen molar-refractivity contribution < 1.29 is 0 Å². The van der Waals surface area contributed by atoms with Gasteiger partial charge < -0.3 is 11.5 Å². The Bertz CT molecular complexity index is 386. The molecule has 0 saturated heterocycles. The predicted octanol–water partition coefficient (Wildman–Crippen LogP) is 1.64. The van der Waals surface area contributed by atoms with E-state index in [1.54, 1.807) is 0 Å². The van der Waals surface area contributed by atoms with Crippen molar-refractivity contribution >= 4 is 11.7 Å². The largest absolute Gasteiger partial charge is 0.369 e. The number of benzene rings is 1. The van der Waals surface area contributed by atoms with Gasteiger partial charge in [0.05, 0.1) is 5.71 Å². The zero-order chi connectivity index (χ0) is 12.0. The Kier molecular flexibility index (Phi) is 4.51. The lowest BCUT2D eigenvalue weighted by Gasteiger charge is -2.01. The molecule has 4 nitrogen and oxygen atoms in total. The summed E-state index contributed by atoms with van der Waals surface area (Å²) in [5, 5.41) is 7.54. The fourth-order valence-electron chi connectivity index (χ4n) is 1.39. The van der Waals surface area contributed by atoms with E-state index in [1.165, 1.54) is 5.56 Å². The lowest BCUT2D eigenvalue weighted by molar-refractivity contribution is 0.922. The van der Waals surface area contributed by atoms with Crippen LogP contribution in [-0.2, 0) is 6.42 Å². The second kappa shape index (κ2) is 5.90. The van der Waals surface area contributed by atoms with Crippen LogP contribution in [0.1, 0.15) is 31.4 Å². The molecular weight excluding hydrogens is 200 g/mol. The molecule has 4 heteroatoms. The standard InChI is InChI=1S/C12H18N4/c1-3-4-10-5-7-11(8-6-10)9(2)15-16-12(13)14/h5-8H,3-4H2,1-2H3,(H4,13,14,16)/b15-9-. The van der Waals surface area contributed by atoms with Crippen LogP contribution in [0.15, 0.2) is 34.5 Å².